The van der Waals surface area contributed by atoms with E-state index in [0.717, 1.165) is 12.8 Å². The van der Waals surface area contributed by atoms with E-state index in [2.05, 4.69) is 16.9 Å². The Hall–Kier alpha value is -1.52. The highest BCUT2D eigenvalue weighted by atomic mass is 35.5. The SMILES string of the molecule is O=C(C[C@@H]1C=CCC1)NNC(=O)c1cc(Cl)ccc1Cl. The number of hydrogen-bond donors (Lipinski definition) is 2. The molecule has 106 valence electrons. The number of carbonyl (C=O) groups is 2. The topological polar surface area (TPSA) is 58.2 Å². The fourth-order valence-corrected chi connectivity index (χ4v) is 2.40. The number of halogens is 2. The summed E-state index contributed by atoms with van der Waals surface area (Å²) in [5.41, 5.74) is 4.94. The van der Waals surface area contributed by atoms with E-state index >= 15 is 0 Å². The summed E-state index contributed by atoms with van der Waals surface area (Å²) in [6.45, 7) is 0. The lowest BCUT2D eigenvalue weighted by atomic mass is 10.1. The van der Waals surface area contributed by atoms with E-state index in [9.17, 15) is 9.59 Å². The minimum absolute atomic E-state index is 0.222. The summed E-state index contributed by atoms with van der Waals surface area (Å²) in [4.78, 5) is 23.5. The summed E-state index contributed by atoms with van der Waals surface area (Å²) >= 11 is 11.7. The molecular weight excluding hydrogens is 299 g/mol. The van der Waals surface area contributed by atoms with Gasteiger partial charge in [0.15, 0.2) is 0 Å². The van der Waals surface area contributed by atoms with E-state index in [1.54, 1.807) is 6.07 Å². The Bertz CT molecular complexity index is 558. The normalized spacial score (nSPS) is 17.0. The average Bonchev–Trinajstić information content (AvgIpc) is 2.91. The number of hydrogen-bond acceptors (Lipinski definition) is 2. The van der Waals surface area contributed by atoms with Crippen LogP contribution in [-0.2, 0) is 4.79 Å². The summed E-state index contributed by atoms with van der Waals surface area (Å²) in [5.74, 6) is -0.470. The molecule has 2 N–H and O–H groups in total. The van der Waals surface area contributed by atoms with E-state index < -0.39 is 5.91 Å². The second-order valence-corrected chi connectivity index (χ2v) is 5.44. The number of benzene rings is 1. The van der Waals surface area contributed by atoms with Gasteiger partial charge in [0.1, 0.15) is 0 Å². The molecular formula is C14H14Cl2N2O2. The molecule has 0 radical (unpaired) electrons. The standard InChI is InChI=1S/C14H14Cl2N2O2/c15-10-5-6-12(16)11(8-10)14(20)18-17-13(19)7-9-3-1-2-4-9/h1,3,5-6,8-9H,2,4,7H2,(H,17,19)(H,18,20)/t9-/m1/s1. The van der Waals surface area contributed by atoms with Gasteiger partial charge in [-0.1, -0.05) is 35.4 Å². The first-order valence-electron chi connectivity index (χ1n) is 6.27. The second-order valence-electron chi connectivity index (χ2n) is 4.60. The number of amides is 2. The van der Waals surface area contributed by atoms with Crippen molar-refractivity contribution in [1.29, 1.82) is 0 Å². The number of allylic oxidation sites excluding steroid dienone is 2. The van der Waals surface area contributed by atoms with Crippen LogP contribution in [0, 0.1) is 5.92 Å². The molecule has 4 nitrogen and oxygen atoms in total. The van der Waals surface area contributed by atoms with Crippen LogP contribution in [0.5, 0.6) is 0 Å². The van der Waals surface area contributed by atoms with Crippen molar-refractivity contribution in [2.45, 2.75) is 19.3 Å². The minimum atomic E-state index is -0.493. The highest BCUT2D eigenvalue weighted by Crippen LogP contribution is 2.21. The van der Waals surface area contributed by atoms with Gasteiger partial charge < -0.3 is 0 Å². The molecule has 0 saturated heterocycles. The summed E-state index contributed by atoms with van der Waals surface area (Å²) in [6.07, 6.45) is 6.42. The molecule has 1 aliphatic rings. The largest absolute Gasteiger partial charge is 0.273 e. The lowest BCUT2D eigenvalue weighted by Crippen LogP contribution is -2.42. The first kappa shape index (κ1) is 14.9. The molecule has 2 rings (SSSR count). The Morgan fingerprint density at radius 1 is 1.25 bits per heavy atom. The van der Waals surface area contributed by atoms with Crippen LogP contribution >= 0.6 is 23.2 Å². The number of hydrazine groups is 1. The van der Waals surface area contributed by atoms with Crippen LogP contribution in [-0.4, -0.2) is 11.8 Å². The van der Waals surface area contributed by atoms with Gasteiger partial charge in [-0.3, -0.25) is 20.4 Å². The maximum absolute atomic E-state index is 11.9. The Morgan fingerprint density at radius 2 is 2.05 bits per heavy atom. The molecule has 1 aliphatic carbocycles. The zero-order valence-corrected chi connectivity index (χ0v) is 12.2. The van der Waals surface area contributed by atoms with Gasteiger partial charge >= 0.3 is 0 Å². The first-order chi connectivity index (χ1) is 9.56. The van der Waals surface area contributed by atoms with Crippen molar-refractivity contribution in [3.8, 4) is 0 Å². The summed E-state index contributed by atoms with van der Waals surface area (Å²) in [5, 5.41) is 0.682. The van der Waals surface area contributed by atoms with Crippen LogP contribution in [0.25, 0.3) is 0 Å². The lowest BCUT2D eigenvalue weighted by molar-refractivity contribution is -0.122. The molecule has 20 heavy (non-hydrogen) atoms. The van der Waals surface area contributed by atoms with Crippen molar-refractivity contribution in [2.24, 2.45) is 5.92 Å². The molecule has 1 atom stereocenters. The van der Waals surface area contributed by atoms with Gasteiger partial charge in [-0.15, -0.1) is 0 Å². The van der Waals surface area contributed by atoms with Crippen LogP contribution in [0.3, 0.4) is 0 Å². The minimum Gasteiger partial charge on any atom is -0.273 e. The van der Waals surface area contributed by atoms with Gasteiger partial charge in [0.05, 0.1) is 10.6 Å². The van der Waals surface area contributed by atoms with E-state index in [4.69, 9.17) is 23.2 Å². The average molecular weight is 313 g/mol. The van der Waals surface area contributed by atoms with Crippen molar-refractivity contribution in [1.82, 2.24) is 10.9 Å². The molecule has 1 aromatic carbocycles. The van der Waals surface area contributed by atoms with Gasteiger partial charge in [-0.25, -0.2) is 0 Å². The molecule has 2 amide bonds. The molecule has 0 unspecified atom stereocenters. The van der Waals surface area contributed by atoms with Gasteiger partial charge in [-0.05, 0) is 37.0 Å². The third-order valence-electron chi connectivity index (χ3n) is 3.05. The van der Waals surface area contributed by atoms with Crippen molar-refractivity contribution >= 4 is 35.0 Å². The monoisotopic (exact) mass is 312 g/mol. The molecule has 1 aromatic rings. The molecule has 0 heterocycles. The lowest BCUT2D eigenvalue weighted by Gasteiger charge is -2.10. The Labute approximate surface area is 127 Å². The Morgan fingerprint density at radius 3 is 2.75 bits per heavy atom. The number of nitrogens with one attached hydrogen (secondary N) is 2. The molecule has 0 aromatic heterocycles. The maximum atomic E-state index is 11.9. The quantitative estimate of drug-likeness (QED) is 0.665. The second kappa shape index (κ2) is 6.77. The van der Waals surface area contributed by atoms with Crippen LogP contribution in [0.1, 0.15) is 29.6 Å². The molecule has 0 saturated carbocycles. The van der Waals surface area contributed by atoms with E-state index in [1.165, 1.54) is 12.1 Å². The van der Waals surface area contributed by atoms with Crippen LogP contribution in [0.2, 0.25) is 10.0 Å². The van der Waals surface area contributed by atoms with Gasteiger partial charge in [0.2, 0.25) is 5.91 Å². The Balaban J connectivity index is 1.86. The number of carbonyl (C=O) groups excluding carboxylic acids is 2. The summed E-state index contributed by atoms with van der Waals surface area (Å²) < 4.78 is 0. The third kappa shape index (κ3) is 3.99. The van der Waals surface area contributed by atoms with Crippen molar-refractivity contribution in [3.63, 3.8) is 0 Å². The molecule has 0 bridgehead atoms. The van der Waals surface area contributed by atoms with Gasteiger partial charge in [-0.2, -0.15) is 0 Å². The zero-order valence-electron chi connectivity index (χ0n) is 10.7. The first-order valence-corrected chi connectivity index (χ1v) is 7.03. The molecule has 0 fully saturated rings. The smallest absolute Gasteiger partial charge is 0.271 e. The third-order valence-corrected chi connectivity index (χ3v) is 3.61. The Kier molecular flexibility index (Phi) is 5.04. The van der Waals surface area contributed by atoms with Crippen LogP contribution in [0.15, 0.2) is 30.4 Å². The van der Waals surface area contributed by atoms with Gasteiger partial charge in [0, 0.05) is 11.4 Å². The fraction of sp³-hybridized carbons (Fsp3) is 0.286. The van der Waals surface area contributed by atoms with E-state index in [1.807, 2.05) is 6.08 Å². The van der Waals surface area contributed by atoms with Gasteiger partial charge in [0.25, 0.3) is 5.91 Å². The van der Waals surface area contributed by atoms with E-state index in [-0.39, 0.29) is 22.4 Å². The van der Waals surface area contributed by atoms with E-state index in [0.29, 0.717) is 11.4 Å². The molecule has 0 aliphatic heterocycles. The maximum Gasteiger partial charge on any atom is 0.271 e. The molecule has 0 spiro atoms. The fourth-order valence-electron chi connectivity index (χ4n) is 2.02. The van der Waals surface area contributed by atoms with Crippen LogP contribution in [0.4, 0.5) is 0 Å². The predicted molar refractivity (Wildman–Crippen MR) is 78.6 cm³/mol. The summed E-state index contributed by atoms with van der Waals surface area (Å²) in [7, 11) is 0. The highest BCUT2D eigenvalue weighted by molar-refractivity contribution is 6.35. The molecule has 6 heteroatoms. The zero-order chi connectivity index (χ0) is 14.5. The predicted octanol–water partition coefficient (Wildman–Crippen LogP) is 3.11. The van der Waals surface area contributed by atoms with Crippen molar-refractivity contribution in [2.75, 3.05) is 0 Å². The summed E-state index contributed by atoms with van der Waals surface area (Å²) in [6, 6.07) is 4.57. The van der Waals surface area contributed by atoms with Crippen LogP contribution < -0.4 is 10.9 Å². The highest BCUT2D eigenvalue weighted by Gasteiger charge is 2.15. The van der Waals surface area contributed by atoms with Crippen molar-refractivity contribution < 1.29 is 9.59 Å². The van der Waals surface area contributed by atoms with Crippen molar-refractivity contribution in [3.05, 3.63) is 46.0 Å². The number of rotatable bonds is 3.